The molecule has 2 aliphatic rings. The molecule has 0 spiro atoms. The van der Waals surface area contributed by atoms with Crippen molar-refractivity contribution in [3.05, 3.63) is 52.8 Å². The largest absolute Gasteiger partial charge is 0.465 e. The van der Waals surface area contributed by atoms with Crippen molar-refractivity contribution in [2.24, 2.45) is 0 Å². The number of benzene rings is 1. The van der Waals surface area contributed by atoms with Crippen molar-refractivity contribution in [1.29, 1.82) is 0 Å². The second kappa shape index (κ2) is 10.2. The highest BCUT2D eigenvalue weighted by Crippen LogP contribution is 2.37. The number of carbonyl (C=O) groups excluding carboxylic acids is 1. The predicted molar refractivity (Wildman–Crippen MR) is 149 cm³/mol. The molecule has 0 unspecified atom stereocenters. The van der Waals surface area contributed by atoms with E-state index in [1.54, 1.807) is 33.2 Å². The molecule has 1 N–H and O–H groups in total. The van der Waals surface area contributed by atoms with Gasteiger partial charge in [0.2, 0.25) is 10.0 Å². The molecule has 5 rings (SSSR count). The van der Waals surface area contributed by atoms with Crippen LogP contribution in [-0.4, -0.2) is 82.6 Å². The number of carboxylic acid groups (broad SMARTS) is 1. The number of hydrogen-bond acceptors (Lipinski definition) is 7. The molecule has 0 radical (unpaired) electrons. The zero-order valence-corrected chi connectivity index (χ0v) is 24.1. The van der Waals surface area contributed by atoms with Crippen LogP contribution in [0.4, 0.5) is 9.59 Å². The number of sulfonamides is 1. The van der Waals surface area contributed by atoms with E-state index in [2.05, 4.69) is 4.98 Å². The maximum atomic E-state index is 12.8. The highest BCUT2D eigenvalue weighted by Gasteiger charge is 2.34. The normalized spacial score (nSPS) is 18.5. The predicted octanol–water partition coefficient (Wildman–Crippen LogP) is 4.16. The van der Waals surface area contributed by atoms with E-state index in [4.69, 9.17) is 9.47 Å². The Morgan fingerprint density at radius 3 is 2.58 bits per heavy atom. The van der Waals surface area contributed by atoms with Crippen molar-refractivity contribution in [2.45, 2.75) is 52.3 Å². The van der Waals surface area contributed by atoms with Gasteiger partial charge in [0, 0.05) is 43.0 Å². The molecule has 2 aliphatic heterocycles. The molecule has 0 bridgehead atoms. The number of aromatic nitrogens is 2. The van der Waals surface area contributed by atoms with E-state index < -0.39 is 33.9 Å². The number of fused-ring (bicyclic) bond motifs is 2. The van der Waals surface area contributed by atoms with Crippen molar-refractivity contribution in [3.8, 4) is 11.1 Å². The maximum absolute atomic E-state index is 12.8. The fraction of sp³-hybridized carbons (Fsp3) is 0.464. The van der Waals surface area contributed by atoms with Gasteiger partial charge in [0.05, 0.1) is 25.5 Å². The summed E-state index contributed by atoms with van der Waals surface area (Å²) in [6, 6.07) is 5.33. The first-order chi connectivity index (χ1) is 18.7. The third kappa shape index (κ3) is 5.43. The molecule has 3 aromatic rings. The highest BCUT2D eigenvalue weighted by atomic mass is 32.2. The molecule has 0 aliphatic carbocycles. The first kappa shape index (κ1) is 28.1. The van der Waals surface area contributed by atoms with Gasteiger partial charge >= 0.3 is 12.2 Å². The lowest BCUT2D eigenvalue weighted by atomic mass is 9.87. The van der Waals surface area contributed by atoms with Crippen LogP contribution in [0.2, 0.25) is 0 Å². The molecule has 1 saturated heterocycles. The molecule has 1 amide bonds. The van der Waals surface area contributed by atoms with Gasteiger partial charge in [0.1, 0.15) is 11.2 Å². The molecular formula is C28H34N4O7S. The number of morpholine rings is 1. The minimum atomic E-state index is -3.43. The fourth-order valence-corrected chi connectivity index (χ4v) is 6.17. The summed E-state index contributed by atoms with van der Waals surface area (Å²) in [6.45, 7) is 8.53. The lowest BCUT2D eigenvalue weighted by molar-refractivity contribution is -0.00134. The van der Waals surface area contributed by atoms with E-state index in [1.165, 1.54) is 20.0 Å². The number of pyridine rings is 1. The monoisotopic (exact) mass is 570 g/mol. The van der Waals surface area contributed by atoms with Crippen molar-refractivity contribution in [3.63, 3.8) is 0 Å². The Morgan fingerprint density at radius 2 is 1.90 bits per heavy atom. The molecule has 1 fully saturated rings. The van der Waals surface area contributed by atoms with Crippen LogP contribution in [0, 0.1) is 6.92 Å². The van der Waals surface area contributed by atoms with Crippen molar-refractivity contribution < 1.29 is 32.6 Å². The molecule has 1 atom stereocenters. The number of ether oxygens (including phenoxy) is 2. The van der Waals surface area contributed by atoms with E-state index >= 15 is 0 Å². The van der Waals surface area contributed by atoms with Crippen LogP contribution in [0.3, 0.4) is 0 Å². The van der Waals surface area contributed by atoms with Gasteiger partial charge in [-0.05, 0) is 74.1 Å². The molecular weight excluding hydrogens is 536 g/mol. The molecule has 11 nitrogen and oxygen atoms in total. The van der Waals surface area contributed by atoms with Gasteiger partial charge in [-0.25, -0.2) is 27.6 Å². The summed E-state index contributed by atoms with van der Waals surface area (Å²) in [5, 5.41) is 10.7. The lowest BCUT2D eigenvalue weighted by Gasteiger charge is -2.37. The van der Waals surface area contributed by atoms with Crippen LogP contribution in [0.5, 0.6) is 0 Å². The number of carbonyl (C=O) groups is 2. The quantitative estimate of drug-likeness (QED) is 0.497. The zero-order valence-electron chi connectivity index (χ0n) is 23.3. The van der Waals surface area contributed by atoms with Gasteiger partial charge in [-0.2, -0.15) is 4.31 Å². The van der Waals surface area contributed by atoms with Crippen molar-refractivity contribution >= 4 is 33.2 Å². The summed E-state index contributed by atoms with van der Waals surface area (Å²) >= 11 is 0. The standard InChI is InChI=1S/C28H34N4O7S/c1-17-14-32(27(35)39-28(2,3)4)25-21(17)12-20(13-29-25)19-10-18-6-7-30(40(5,36)37)15-23(18)22(11-19)24-16-38-9-8-31(24)26(33)34/h10-14,24H,6-9,15-16H2,1-5H3,(H,33,34)/t24-/m0/s1. The summed E-state index contributed by atoms with van der Waals surface area (Å²) < 4.78 is 38.8. The van der Waals surface area contributed by atoms with E-state index in [0.717, 1.165) is 38.8 Å². The third-order valence-corrected chi connectivity index (χ3v) is 8.56. The molecule has 1 aromatic carbocycles. The van der Waals surface area contributed by atoms with Crippen LogP contribution in [0.25, 0.3) is 22.2 Å². The van der Waals surface area contributed by atoms with Crippen LogP contribution in [-0.2, 0) is 32.5 Å². The number of rotatable bonds is 3. The van der Waals surface area contributed by atoms with E-state index in [9.17, 15) is 23.1 Å². The van der Waals surface area contributed by atoms with Gasteiger partial charge in [-0.3, -0.25) is 4.90 Å². The van der Waals surface area contributed by atoms with E-state index in [0.29, 0.717) is 25.2 Å². The maximum Gasteiger partial charge on any atom is 0.420 e. The number of aryl methyl sites for hydroxylation is 1. The van der Waals surface area contributed by atoms with Gasteiger partial charge in [-0.1, -0.05) is 6.07 Å². The topological polar surface area (TPSA) is 131 Å². The smallest absolute Gasteiger partial charge is 0.420 e. The number of amides is 1. The third-order valence-electron chi connectivity index (χ3n) is 7.31. The average molecular weight is 571 g/mol. The van der Waals surface area contributed by atoms with Crippen molar-refractivity contribution in [1.82, 2.24) is 18.8 Å². The Bertz CT molecular complexity index is 1610. The zero-order chi connectivity index (χ0) is 29.0. The van der Waals surface area contributed by atoms with Gasteiger partial charge < -0.3 is 14.6 Å². The molecule has 2 aromatic heterocycles. The summed E-state index contributed by atoms with van der Waals surface area (Å²) in [4.78, 5) is 30.9. The highest BCUT2D eigenvalue weighted by molar-refractivity contribution is 7.88. The minimum absolute atomic E-state index is 0.170. The summed E-state index contributed by atoms with van der Waals surface area (Å²) in [6.07, 6.45) is 3.51. The molecule has 12 heteroatoms. The Hall–Kier alpha value is -3.48. The van der Waals surface area contributed by atoms with Crippen LogP contribution >= 0.6 is 0 Å². The van der Waals surface area contributed by atoms with Crippen molar-refractivity contribution in [2.75, 3.05) is 32.6 Å². The molecule has 214 valence electrons. The Morgan fingerprint density at radius 1 is 1.15 bits per heavy atom. The van der Waals surface area contributed by atoms with E-state index in [1.807, 2.05) is 25.1 Å². The Labute approximate surface area is 233 Å². The first-order valence-corrected chi connectivity index (χ1v) is 15.0. The van der Waals surface area contributed by atoms with Crippen LogP contribution < -0.4 is 0 Å². The molecule has 4 heterocycles. The van der Waals surface area contributed by atoms with Crippen LogP contribution in [0.1, 0.15) is 49.1 Å². The second-order valence-corrected chi connectivity index (χ2v) is 13.4. The first-order valence-electron chi connectivity index (χ1n) is 13.1. The lowest BCUT2D eigenvalue weighted by Crippen LogP contribution is -2.44. The summed E-state index contributed by atoms with van der Waals surface area (Å²) in [5.74, 6) is 0. The van der Waals surface area contributed by atoms with E-state index in [-0.39, 0.29) is 19.7 Å². The van der Waals surface area contributed by atoms with Gasteiger partial charge in [0.15, 0.2) is 0 Å². The Kier molecular flexibility index (Phi) is 7.13. The number of nitrogens with zero attached hydrogens (tertiary/aromatic N) is 4. The molecule has 0 saturated carbocycles. The van der Waals surface area contributed by atoms with Crippen LogP contribution in [0.15, 0.2) is 30.6 Å². The number of hydrogen-bond donors (Lipinski definition) is 1. The fourth-order valence-electron chi connectivity index (χ4n) is 5.38. The minimum Gasteiger partial charge on any atom is -0.465 e. The summed E-state index contributed by atoms with van der Waals surface area (Å²) in [5.41, 5.74) is 4.81. The Balaban J connectivity index is 1.62. The average Bonchev–Trinajstić information content (AvgIpc) is 3.22. The van der Waals surface area contributed by atoms with Gasteiger partial charge in [0.25, 0.3) is 0 Å². The SMILES string of the molecule is Cc1cn(C(=O)OC(C)(C)C)c2ncc(-c3cc4c(c([C@@H]5COCCN5C(=O)O)c3)CN(S(C)(=O)=O)CC4)cc12. The molecule has 40 heavy (non-hydrogen) atoms. The second-order valence-electron chi connectivity index (χ2n) is 11.4. The van der Waals surface area contributed by atoms with Gasteiger partial charge in [-0.15, -0.1) is 0 Å². The summed E-state index contributed by atoms with van der Waals surface area (Å²) in [7, 11) is -3.43.